The smallest absolute Gasteiger partial charge is 0.330 e. The van der Waals surface area contributed by atoms with Gasteiger partial charge in [-0.2, -0.15) is 0 Å². The van der Waals surface area contributed by atoms with Crippen molar-refractivity contribution in [3.8, 4) is 0 Å². The molecule has 3 N–H and O–H groups in total. The van der Waals surface area contributed by atoms with Crippen molar-refractivity contribution in [2.75, 3.05) is 10.6 Å². The number of fused-ring (bicyclic) bond motifs is 3. The van der Waals surface area contributed by atoms with Crippen LogP contribution in [-0.2, 0) is 11.3 Å². The van der Waals surface area contributed by atoms with Crippen LogP contribution in [0.1, 0.15) is 45.5 Å². The molecule has 4 aromatic rings. The van der Waals surface area contributed by atoms with Gasteiger partial charge in [0.25, 0.3) is 5.56 Å². The lowest BCUT2D eigenvalue weighted by Crippen LogP contribution is -2.38. The number of hydrogen-bond donors (Lipinski definition) is 3. The summed E-state index contributed by atoms with van der Waals surface area (Å²) in [5, 5.41) is 6.03. The zero-order valence-corrected chi connectivity index (χ0v) is 19.9. The first kappa shape index (κ1) is 22.5. The van der Waals surface area contributed by atoms with Gasteiger partial charge in [-0.1, -0.05) is 66.7 Å². The molecule has 8 heteroatoms. The molecule has 0 unspecified atom stereocenters. The van der Waals surface area contributed by atoms with E-state index < -0.39 is 17.2 Å². The molecule has 2 heterocycles. The van der Waals surface area contributed by atoms with Crippen molar-refractivity contribution < 1.29 is 9.59 Å². The topological polar surface area (TPSA) is 113 Å². The molecule has 3 aromatic carbocycles. The van der Waals surface area contributed by atoms with Gasteiger partial charge < -0.3 is 10.6 Å². The summed E-state index contributed by atoms with van der Waals surface area (Å²) in [5.74, 6) is -0.728. The number of carbonyl (C=O) groups excluding carboxylic acids is 2. The standard InChI is InChI=1S/C29H22N4O4/c1-16(34)30-19-13-11-18(12-14-19)22-23-25(20-9-5-6-10-21(20)26(23)35)31-27-24(22)28(36)32-29(37)33(27)15-17-7-3-2-4-8-17/h2-14,22,31H,15H2,1H3,(H,30,34)(H,32,36,37)/t22-/m0/s1. The quantitative estimate of drug-likeness (QED) is 0.404. The Balaban J connectivity index is 1.59. The van der Waals surface area contributed by atoms with Crippen LogP contribution in [0, 0.1) is 0 Å². The van der Waals surface area contributed by atoms with Gasteiger partial charge in [0.1, 0.15) is 5.82 Å². The number of hydrogen-bond acceptors (Lipinski definition) is 5. The monoisotopic (exact) mass is 490 g/mol. The van der Waals surface area contributed by atoms with Crippen LogP contribution in [0.3, 0.4) is 0 Å². The maximum absolute atomic E-state index is 13.7. The number of aromatic nitrogens is 2. The van der Waals surface area contributed by atoms with Gasteiger partial charge in [0.05, 0.1) is 17.8 Å². The molecule has 0 saturated carbocycles. The third-order valence-corrected chi connectivity index (χ3v) is 6.76. The second-order valence-corrected chi connectivity index (χ2v) is 9.12. The first-order valence-electron chi connectivity index (χ1n) is 11.9. The number of anilines is 2. The molecule has 0 saturated heterocycles. The van der Waals surface area contributed by atoms with E-state index in [4.69, 9.17) is 0 Å². The van der Waals surface area contributed by atoms with Crippen LogP contribution in [0.4, 0.5) is 11.5 Å². The highest BCUT2D eigenvalue weighted by Gasteiger charge is 2.42. The number of carbonyl (C=O) groups is 2. The number of allylic oxidation sites excluding steroid dienone is 1. The van der Waals surface area contributed by atoms with Crippen molar-refractivity contribution in [1.29, 1.82) is 0 Å². The molecule has 0 fully saturated rings. The molecular weight excluding hydrogens is 468 g/mol. The Morgan fingerprint density at radius 3 is 2.27 bits per heavy atom. The molecule has 1 atom stereocenters. The third kappa shape index (κ3) is 3.70. The molecule has 37 heavy (non-hydrogen) atoms. The minimum atomic E-state index is -0.719. The molecule has 182 valence electrons. The Morgan fingerprint density at radius 1 is 0.892 bits per heavy atom. The molecule has 1 aliphatic heterocycles. The van der Waals surface area contributed by atoms with Crippen LogP contribution in [0.15, 0.2) is 94.0 Å². The fraction of sp³-hybridized carbons (Fsp3) is 0.103. The summed E-state index contributed by atoms with van der Waals surface area (Å²) < 4.78 is 1.50. The van der Waals surface area contributed by atoms with Crippen molar-refractivity contribution in [3.63, 3.8) is 0 Å². The van der Waals surface area contributed by atoms with Crippen LogP contribution < -0.4 is 21.9 Å². The van der Waals surface area contributed by atoms with Crippen LogP contribution in [0.25, 0.3) is 5.70 Å². The molecule has 0 radical (unpaired) electrons. The number of nitrogens with one attached hydrogen (secondary N) is 3. The Kier molecular flexibility index (Phi) is 5.22. The molecule has 8 nitrogen and oxygen atoms in total. The number of H-pyrrole nitrogens is 1. The van der Waals surface area contributed by atoms with Gasteiger partial charge in [0.15, 0.2) is 5.78 Å². The average Bonchev–Trinajstić information content (AvgIpc) is 3.18. The Hall–Kier alpha value is -4.98. The zero-order chi connectivity index (χ0) is 25.7. The summed E-state index contributed by atoms with van der Waals surface area (Å²) >= 11 is 0. The molecule has 1 amide bonds. The van der Waals surface area contributed by atoms with E-state index in [-0.39, 0.29) is 18.2 Å². The van der Waals surface area contributed by atoms with Crippen LogP contribution in [-0.4, -0.2) is 21.2 Å². The number of ketones is 1. The van der Waals surface area contributed by atoms with E-state index in [0.29, 0.717) is 39.5 Å². The lowest BCUT2D eigenvalue weighted by atomic mass is 9.81. The van der Waals surface area contributed by atoms with Gasteiger partial charge in [-0.15, -0.1) is 0 Å². The van der Waals surface area contributed by atoms with Gasteiger partial charge in [-0.05, 0) is 23.3 Å². The van der Waals surface area contributed by atoms with Crippen LogP contribution in [0.5, 0.6) is 0 Å². The van der Waals surface area contributed by atoms with E-state index in [1.54, 1.807) is 36.4 Å². The summed E-state index contributed by atoms with van der Waals surface area (Å²) in [5.41, 5.74) is 3.71. The summed E-state index contributed by atoms with van der Waals surface area (Å²) in [7, 11) is 0. The van der Waals surface area contributed by atoms with Gasteiger partial charge >= 0.3 is 5.69 Å². The highest BCUT2D eigenvalue weighted by molar-refractivity contribution is 6.23. The van der Waals surface area contributed by atoms with Gasteiger partial charge in [-0.3, -0.25) is 23.9 Å². The molecule has 1 aromatic heterocycles. The number of aromatic amines is 1. The number of amides is 1. The lowest BCUT2D eigenvalue weighted by Gasteiger charge is -2.30. The summed E-state index contributed by atoms with van der Waals surface area (Å²) in [4.78, 5) is 54.0. The normalized spacial score (nSPS) is 15.5. The lowest BCUT2D eigenvalue weighted by molar-refractivity contribution is -0.114. The predicted molar refractivity (Wildman–Crippen MR) is 141 cm³/mol. The fourth-order valence-corrected chi connectivity index (χ4v) is 5.18. The molecule has 6 rings (SSSR count). The Bertz CT molecular complexity index is 1730. The van der Waals surface area contributed by atoms with Crippen molar-refractivity contribution in [1.82, 2.24) is 9.55 Å². The zero-order valence-electron chi connectivity index (χ0n) is 19.9. The van der Waals surface area contributed by atoms with Crippen molar-refractivity contribution >= 4 is 28.9 Å². The van der Waals surface area contributed by atoms with Crippen molar-refractivity contribution in [2.24, 2.45) is 0 Å². The van der Waals surface area contributed by atoms with Crippen molar-refractivity contribution in [3.05, 3.63) is 133 Å². The Morgan fingerprint density at radius 2 is 1.57 bits per heavy atom. The minimum absolute atomic E-state index is 0.167. The molecule has 1 aliphatic carbocycles. The molecule has 2 aliphatic rings. The van der Waals surface area contributed by atoms with E-state index in [9.17, 15) is 19.2 Å². The number of Topliss-reactive ketones (excluding diaryl/α,β-unsaturated/α-hetero) is 1. The summed E-state index contributed by atoms with van der Waals surface area (Å²) in [6, 6.07) is 23.8. The molecule has 0 spiro atoms. The first-order valence-corrected chi connectivity index (χ1v) is 11.9. The first-order chi connectivity index (χ1) is 17.9. The maximum Gasteiger partial charge on any atom is 0.330 e. The second-order valence-electron chi connectivity index (χ2n) is 9.12. The predicted octanol–water partition coefficient (Wildman–Crippen LogP) is 3.71. The van der Waals surface area contributed by atoms with E-state index in [1.165, 1.54) is 11.5 Å². The van der Waals surface area contributed by atoms with Crippen molar-refractivity contribution in [2.45, 2.75) is 19.4 Å². The second kappa shape index (κ2) is 8.60. The highest BCUT2D eigenvalue weighted by Crippen LogP contribution is 2.48. The molecule has 0 bridgehead atoms. The van der Waals surface area contributed by atoms with Gasteiger partial charge in [0.2, 0.25) is 5.91 Å². The SMILES string of the molecule is CC(=O)Nc1ccc([C@H]2C3=C(Nc4c2c(=O)[nH]c(=O)n4Cc2ccccc2)c2ccccc2C3=O)cc1. The average molecular weight is 491 g/mol. The van der Waals surface area contributed by atoms with E-state index in [2.05, 4.69) is 15.6 Å². The Labute approximate surface area is 211 Å². The number of rotatable bonds is 4. The third-order valence-electron chi connectivity index (χ3n) is 6.76. The minimum Gasteiger partial charge on any atom is -0.340 e. The maximum atomic E-state index is 13.7. The van der Waals surface area contributed by atoms with E-state index in [0.717, 1.165) is 11.1 Å². The molecular formula is C29H22N4O4. The van der Waals surface area contributed by atoms with Gasteiger partial charge in [0, 0.05) is 35.2 Å². The number of benzene rings is 3. The van der Waals surface area contributed by atoms with Crippen LogP contribution in [0.2, 0.25) is 0 Å². The van der Waals surface area contributed by atoms with E-state index >= 15 is 0 Å². The largest absolute Gasteiger partial charge is 0.340 e. The summed E-state index contributed by atoms with van der Waals surface area (Å²) in [6.45, 7) is 1.66. The van der Waals surface area contributed by atoms with Gasteiger partial charge in [-0.25, -0.2) is 4.79 Å². The summed E-state index contributed by atoms with van der Waals surface area (Å²) in [6.07, 6.45) is 0. The number of nitrogens with zero attached hydrogens (tertiary/aromatic N) is 1. The van der Waals surface area contributed by atoms with Crippen LogP contribution >= 0.6 is 0 Å². The highest BCUT2D eigenvalue weighted by atomic mass is 16.2. The fourth-order valence-electron chi connectivity index (χ4n) is 5.18. The van der Waals surface area contributed by atoms with E-state index in [1.807, 2.05) is 42.5 Å².